The number of aliphatic carboxylic acids is 1. The highest BCUT2D eigenvalue weighted by molar-refractivity contribution is 7.99. The molecule has 102 valence electrons. The average molecular weight is 260 g/mol. The van der Waals surface area contributed by atoms with Gasteiger partial charge in [-0.25, -0.2) is 0 Å². The average Bonchev–Trinajstić information content (AvgIpc) is 2.28. The summed E-state index contributed by atoms with van der Waals surface area (Å²) in [4.78, 5) is 10.5. The number of hydrogen-bond donors (Lipinski definition) is 1. The van der Waals surface area contributed by atoms with Crippen LogP contribution in [0.15, 0.2) is 0 Å². The lowest BCUT2D eigenvalue weighted by atomic mass is 10.1. The van der Waals surface area contributed by atoms with Crippen LogP contribution < -0.4 is 0 Å². The van der Waals surface area contributed by atoms with Crippen LogP contribution in [0.25, 0.3) is 0 Å². The van der Waals surface area contributed by atoms with E-state index in [0.717, 1.165) is 12.8 Å². The Labute approximate surface area is 111 Å². The molecule has 0 fully saturated rings. The smallest absolute Gasteiger partial charge is 0.303 e. The van der Waals surface area contributed by atoms with Crippen molar-refractivity contribution in [1.82, 2.24) is 0 Å². The third-order valence-electron chi connectivity index (χ3n) is 2.88. The van der Waals surface area contributed by atoms with E-state index in [1.54, 1.807) is 0 Å². The van der Waals surface area contributed by atoms with Gasteiger partial charge in [0.1, 0.15) is 0 Å². The molecule has 0 aromatic heterocycles. The van der Waals surface area contributed by atoms with Crippen LogP contribution in [0.1, 0.15) is 71.6 Å². The van der Waals surface area contributed by atoms with Crippen LogP contribution >= 0.6 is 11.8 Å². The number of hydrogen-bond acceptors (Lipinski definition) is 2. The molecule has 0 aromatic rings. The van der Waals surface area contributed by atoms with Crippen LogP contribution in [0.2, 0.25) is 0 Å². The van der Waals surface area contributed by atoms with Gasteiger partial charge in [-0.05, 0) is 31.4 Å². The lowest BCUT2D eigenvalue weighted by molar-refractivity contribution is -0.137. The van der Waals surface area contributed by atoms with Crippen LogP contribution in [0.3, 0.4) is 0 Å². The zero-order valence-electron chi connectivity index (χ0n) is 11.4. The Hall–Kier alpha value is -0.180. The molecule has 2 nitrogen and oxygen atoms in total. The van der Waals surface area contributed by atoms with Crippen molar-refractivity contribution < 1.29 is 9.90 Å². The van der Waals surface area contributed by atoms with Crippen molar-refractivity contribution in [3.05, 3.63) is 0 Å². The highest BCUT2D eigenvalue weighted by Crippen LogP contribution is 2.23. The Morgan fingerprint density at radius 2 is 1.82 bits per heavy atom. The summed E-state index contributed by atoms with van der Waals surface area (Å²) in [5.41, 5.74) is 0. The maximum Gasteiger partial charge on any atom is 0.303 e. The van der Waals surface area contributed by atoms with Crippen molar-refractivity contribution >= 4 is 17.7 Å². The van der Waals surface area contributed by atoms with E-state index >= 15 is 0 Å². The zero-order chi connectivity index (χ0) is 12.9. The van der Waals surface area contributed by atoms with Crippen molar-refractivity contribution in [2.45, 2.75) is 76.9 Å². The number of carboxylic acids is 1. The predicted molar refractivity (Wildman–Crippen MR) is 76.8 cm³/mol. The fourth-order valence-electron chi connectivity index (χ4n) is 1.89. The number of thioether (sulfide) groups is 1. The molecule has 1 N–H and O–H groups in total. The molecule has 0 aliphatic rings. The number of carboxylic acid groups (broad SMARTS) is 1. The molecular weight excluding hydrogens is 232 g/mol. The Bertz CT molecular complexity index is 183. The summed E-state index contributed by atoms with van der Waals surface area (Å²) in [6.07, 6.45) is 9.98. The van der Waals surface area contributed by atoms with Crippen LogP contribution in [-0.2, 0) is 4.79 Å². The molecular formula is C14H28O2S. The van der Waals surface area contributed by atoms with Crippen molar-refractivity contribution in [3.63, 3.8) is 0 Å². The fourth-order valence-corrected chi connectivity index (χ4v) is 3.33. The standard InChI is InChI=1S/C14H28O2S/c1-3-5-6-7-12-17-13(9-4-2)10-8-11-14(15)16/h13H,3-12H2,1-2H3,(H,15,16). The molecule has 0 radical (unpaired) electrons. The van der Waals surface area contributed by atoms with E-state index in [1.807, 2.05) is 0 Å². The largest absolute Gasteiger partial charge is 0.481 e. The third kappa shape index (κ3) is 12.1. The molecule has 0 aliphatic carbocycles. The predicted octanol–water partition coefficient (Wildman–Crippen LogP) is 4.72. The Kier molecular flexibility index (Phi) is 12.2. The van der Waals surface area contributed by atoms with E-state index in [1.165, 1.54) is 44.3 Å². The van der Waals surface area contributed by atoms with Gasteiger partial charge in [-0.3, -0.25) is 4.79 Å². The minimum absolute atomic E-state index is 0.330. The van der Waals surface area contributed by atoms with Gasteiger partial charge < -0.3 is 5.11 Å². The third-order valence-corrected chi connectivity index (χ3v) is 4.35. The molecule has 3 heteroatoms. The van der Waals surface area contributed by atoms with Gasteiger partial charge in [0, 0.05) is 11.7 Å². The van der Waals surface area contributed by atoms with Crippen LogP contribution in [-0.4, -0.2) is 22.1 Å². The Balaban J connectivity index is 3.55. The summed E-state index contributed by atoms with van der Waals surface area (Å²) < 4.78 is 0. The fraction of sp³-hybridized carbons (Fsp3) is 0.929. The second kappa shape index (κ2) is 12.3. The Morgan fingerprint density at radius 1 is 1.06 bits per heavy atom. The van der Waals surface area contributed by atoms with Crippen molar-refractivity contribution in [3.8, 4) is 0 Å². The van der Waals surface area contributed by atoms with Crippen molar-refractivity contribution in [1.29, 1.82) is 0 Å². The van der Waals surface area contributed by atoms with Gasteiger partial charge in [0.15, 0.2) is 0 Å². The zero-order valence-corrected chi connectivity index (χ0v) is 12.2. The summed E-state index contributed by atoms with van der Waals surface area (Å²) in [7, 11) is 0. The van der Waals surface area contributed by atoms with Crippen molar-refractivity contribution in [2.24, 2.45) is 0 Å². The molecule has 0 saturated heterocycles. The van der Waals surface area contributed by atoms with Crippen LogP contribution in [0.5, 0.6) is 0 Å². The molecule has 1 unspecified atom stereocenters. The number of rotatable bonds is 12. The van der Waals surface area contributed by atoms with E-state index in [0.29, 0.717) is 11.7 Å². The normalized spacial score (nSPS) is 12.6. The van der Waals surface area contributed by atoms with E-state index in [9.17, 15) is 4.79 Å². The highest BCUT2D eigenvalue weighted by Gasteiger charge is 2.09. The monoisotopic (exact) mass is 260 g/mol. The molecule has 0 saturated carbocycles. The van der Waals surface area contributed by atoms with Crippen molar-refractivity contribution in [2.75, 3.05) is 5.75 Å². The van der Waals surface area contributed by atoms with Gasteiger partial charge in [-0.2, -0.15) is 11.8 Å². The lowest BCUT2D eigenvalue weighted by Gasteiger charge is -2.15. The van der Waals surface area contributed by atoms with E-state index in [-0.39, 0.29) is 0 Å². The van der Waals surface area contributed by atoms with Crippen LogP contribution in [0, 0.1) is 0 Å². The first-order valence-corrected chi connectivity index (χ1v) is 8.09. The molecule has 0 bridgehead atoms. The lowest BCUT2D eigenvalue weighted by Crippen LogP contribution is -2.05. The van der Waals surface area contributed by atoms with Gasteiger partial charge in [0.25, 0.3) is 0 Å². The SMILES string of the molecule is CCCCCCSC(CCC)CCCC(=O)O. The maximum absolute atomic E-state index is 10.5. The van der Waals surface area contributed by atoms with E-state index in [2.05, 4.69) is 25.6 Å². The quantitative estimate of drug-likeness (QED) is 0.516. The summed E-state index contributed by atoms with van der Waals surface area (Å²) >= 11 is 2.06. The molecule has 0 spiro atoms. The summed E-state index contributed by atoms with van der Waals surface area (Å²) in [6.45, 7) is 4.45. The minimum atomic E-state index is -0.659. The van der Waals surface area contributed by atoms with Gasteiger partial charge in [0.05, 0.1) is 0 Å². The molecule has 0 heterocycles. The second-order valence-corrected chi connectivity index (χ2v) is 6.04. The second-order valence-electron chi connectivity index (χ2n) is 4.63. The van der Waals surface area contributed by atoms with Gasteiger partial charge in [-0.15, -0.1) is 0 Å². The number of unbranched alkanes of at least 4 members (excludes halogenated alkanes) is 3. The first kappa shape index (κ1) is 16.8. The first-order valence-electron chi connectivity index (χ1n) is 7.04. The van der Waals surface area contributed by atoms with Gasteiger partial charge in [-0.1, -0.05) is 39.5 Å². The maximum atomic E-state index is 10.5. The topological polar surface area (TPSA) is 37.3 Å². The summed E-state index contributed by atoms with van der Waals surface area (Å²) in [5, 5.41) is 9.30. The Morgan fingerprint density at radius 3 is 2.41 bits per heavy atom. The molecule has 1 atom stereocenters. The molecule has 0 amide bonds. The van der Waals surface area contributed by atoms with Gasteiger partial charge in [0.2, 0.25) is 0 Å². The summed E-state index contributed by atoms with van der Waals surface area (Å²) in [5.74, 6) is 0.589. The molecule has 17 heavy (non-hydrogen) atoms. The van der Waals surface area contributed by atoms with E-state index < -0.39 is 5.97 Å². The van der Waals surface area contributed by atoms with Crippen LogP contribution in [0.4, 0.5) is 0 Å². The molecule has 0 aromatic carbocycles. The highest BCUT2D eigenvalue weighted by atomic mass is 32.2. The first-order chi connectivity index (χ1) is 8.20. The summed E-state index contributed by atoms with van der Waals surface area (Å²) in [6, 6.07) is 0. The van der Waals surface area contributed by atoms with E-state index in [4.69, 9.17) is 5.11 Å². The number of carbonyl (C=O) groups is 1. The van der Waals surface area contributed by atoms with Gasteiger partial charge >= 0.3 is 5.97 Å². The molecule has 0 aliphatic heterocycles. The molecule has 0 rings (SSSR count). The minimum Gasteiger partial charge on any atom is -0.481 e.